The van der Waals surface area contributed by atoms with E-state index in [0.717, 1.165) is 30.4 Å². The number of imidazole rings is 1. The van der Waals surface area contributed by atoms with Crippen molar-refractivity contribution in [2.24, 2.45) is 0 Å². The molecule has 0 aliphatic carbocycles. The van der Waals surface area contributed by atoms with E-state index in [1.54, 1.807) is 25.1 Å². The molecule has 1 aromatic heterocycles. The highest BCUT2D eigenvalue weighted by molar-refractivity contribution is 7.90. The largest absolute Gasteiger partial charge is 0.494 e. The lowest BCUT2D eigenvalue weighted by Gasteiger charge is -2.15. The van der Waals surface area contributed by atoms with Crippen molar-refractivity contribution in [3.63, 3.8) is 0 Å². The zero-order chi connectivity index (χ0) is 23.1. The Kier molecular flexibility index (Phi) is 7.90. The first-order valence-corrected chi connectivity index (χ1v) is 12.3. The smallest absolute Gasteiger partial charge is 0.305 e. The van der Waals surface area contributed by atoms with Crippen LogP contribution in [0.15, 0.2) is 48.8 Å². The average Bonchev–Trinajstić information content (AvgIpc) is 3.21. The highest BCUT2D eigenvalue weighted by atomic mass is 32.2. The van der Waals surface area contributed by atoms with Gasteiger partial charge in [0, 0.05) is 12.5 Å². The summed E-state index contributed by atoms with van der Waals surface area (Å²) in [6.07, 6.45) is 4.58. The summed E-state index contributed by atoms with van der Waals surface area (Å²) in [5.41, 5.74) is 3.22. The van der Waals surface area contributed by atoms with Crippen LogP contribution in [-0.4, -0.2) is 42.3 Å². The second-order valence-electron chi connectivity index (χ2n) is 7.97. The van der Waals surface area contributed by atoms with Gasteiger partial charge in [-0.3, -0.25) is 4.79 Å². The van der Waals surface area contributed by atoms with Gasteiger partial charge in [-0.25, -0.2) is 17.4 Å². The van der Waals surface area contributed by atoms with Gasteiger partial charge in [-0.15, -0.1) is 0 Å². The molecular weight excluding hydrogens is 428 g/mol. The third kappa shape index (κ3) is 5.88. The fourth-order valence-corrected chi connectivity index (χ4v) is 4.84. The number of aromatic nitrogens is 2. The van der Waals surface area contributed by atoms with Gasteiger partial charge in [0.05, 0.1) is 30.0 Å². The number of carbonyl (C=O) groups excluding carboxylic acids is 1. The molecule has 0 aliphatic heterocycles. The number of rotatable bonds is 11. The highest BCUT2D eigenvalue weighted by Gasteiger charge is 2.25. The third-order valence-corrected chi connectivity index (χ3v) is 7.46. The van der Waals surface area contributed by atoms with E-state index < -0.39 is 15.3 Å². The van der Waals surface area contributed by atoms with E-state index in [1.165, 1.54) is 17.4 Å². The molecule has 7 nitrogen and oxygen atoms in total. The summed E-state index contributed by atoms with van der Waals surface area (Å²) in [5, 5.41) is -0.609. The van der Waals surface area contributed by atoms with E-state index in [2.05, 4.69) is 9.72 Å². The Hall–Kier alpha value is -2.87. The number of methoxy groups -OCH3 is 1. The molecule has 0 fully saturated rings. The number of benzene rings is 2. The molecule has 0 saturated heterocycles. The van der Waals surface area contributed by atoms with Crippen LogP contribution in [0.2, 0.25) is 0 Å². The van der Waals surface area contributed by atoms with Crippen molar-refractivity contribution >= 4 is 27.0 Å². The number of hydrogen-bond acceptors (Lipinski definition) is 6. The molecule has 1 atom stereocenters. The molecule has 0 amide bonds. The van der Waals surface area contributed by atoms with Crippen LogP contribution in [-0.2, 0) is 26.0 Å². The van der Waals surface area contributed by atoms with Crippen LogP contribution in [0.3, 0.4) is 0 Å². The third-order valence-electron chi connectivity index (χ3n) is 5.43. The zero-order valence-electron chi connectivity index (χ0n) is 18.8. The molecule has 0 aliphatic rings. The van der Waals surface area contributed by atoms with Crippen LogP contribution in [0.5, 0.6) is 5.75 Å². The van der Waals surface area contributed by atoms with Gasteiger partial charge in [-0.1, -0.05) is 29.8 Å². The normalized spacial score (nSPS) is 12.6. The summed E-state index contributed by atoms with van der Waals surface area (Å²) >= 11 is 0. The molecule has 2 aromatic carbocycles. The van der Waals surface area contributed by atoms with Gasteiger partial charge in [-0.05, 0) is 57.2 Å². The molecule has 8 heteroatoms. The number of nitrogens with zero attached hydrogens (tertiary/aromatic N) is 2. The fraction of sp³-hybridized carbons (Fsp3) is 0.417. The Balaban J connectivity index is 1.66. The summed E-state index contributed by atoms with van der Waals surface area (Å²) in [6, 6.07) is 13.2. The minimum Gasteiger partial charge on any atom is -0.494 e. The van der Waals surface area contributed by atoms with Gasteiger partial charge in [0.2, 0.25) is 10.0 Å². The Bertz CT molecular complexity index is 1150. The predicted octanol–water partition coefficient (Wildman–Crippen LogP) is 4.27. The molecule has 172 valence electrons. The summed E-state index contributed by atoms with van der Waals surface area (Å²) in [7, 11) is -2.25. The van der Waals surface area contributed by atoms with Crippen LogP contribution in [0.1, 0.15) is 43.7 Å². The maximum absolute atomic E-state index is 13.2. The molecule has 0 saturated carbocycles. The van der Waals surface area contributed by atoms with Crippen LogP contribution in [0.4, 0.5) is 0 Å². The molecule has 0 radical (unpaired) electrons. The van der Waals surface area contributed by atoms with Gasteiger partial charge >= 0.3 is 5.97 Å². The number of hydrogen-bond donors (Lipinski definition) is 0. The number of ether oxygens (including phenoxy) is 2. The van der Waals surface area contributed by atoms with Gasteiger partial charge in [0.25, 0.3) is 0 Å². The fourth-order valence-electron chi connectivity index (χ4n) is 3.45. The molecule has 3 rings (SSSR count). The minimum atomic E-state index is -3.64. The summed E-state index contributed by atoms with van der Waals surface area (Å²) in [4.78, 5) is 15.4. The molecule has 1 unspecified atom stereocenters. The lowest BCUT2D eigenvalue weighted by molar-refractivity contribution is -0.140. The Morgan fingerprint density at radius 1 is 1.09 bits per heavy atom. The van der Waals surface area contributed by atoms with E-state index in [4.69, 9.17) is 4.74 Å². The monoisotopic (exact) mass is 458 g/mol. The maximum Gasteiger partial charge on any atom is 0.305 e. The number of carbonyl (C=O) groups is 1. The lowest BCUT2D eigenvalue weighted by Crippen LogP contribution is -2.26. The van der Waals surface area contributed by atoms with E-state index >= 15 is 0 Å². The molecule has 0 spiro atoms. The molecular formula is C24H30N2O5S. The van der Waals surface area contributed by atoms with Crippen molar-refractivity contribution in [1.82, 2.24) is 8.96 Å². The van der Waals surface area contributed by atoms with Crippen LogP contribution in [0, 0.1) is 6.92 Å². The van der Waals surface area contributed by atoms with Crippen molar-refractivity contribution in [2.45, 2.75) is 51.2 Å². The first-order chi connectivity index (χ1) is 15.3. The first-order valence-electron chi connectivity index (χ1n) is 10.8. The van der Waals surface area contributed by atoms with Gasteiger partial charge in [0.15, 0.2) is 0 Å². The maximum atomic E-state index is 13.2. The number of fused-ring (bicyclic) bond motifs is 1. The second-order valence-corrected chi connectivity index (χ2v) is 10.2. The summed E-state index contributed by atoms with van der Waals surface area (Å²) in [5.74, 6) is 0.385. The Morgan fingerprint density at radius 3 is 2.56 bits per heavy atom. The summed E-state index contributed by atoms with van der Waals surface area (Å²) in [6.45, 7) is 4.21. The zero-order valence-corrected chi connectivity index (χ0v) is 19.6. The topological polar surface area (TPSA) is 87.5 Å². The van der Waals surface area contributed by atoms with Crippen LogP contribution in [0.25, 0.3) is 11.0 Å². The van der Waals surface area contributed by atoms with Crippen molar-refractivity contribution in [3.05, 3.63) is 59.9 Å². The average molecular weight is 459 g/mol. The summed E-state index contributed by atoms with van der Waals surface area (Å²) < 4.78 is 38.2. The van der Waals surface area contributed by atoms with E-state index in [1.807, 2.05) is 31.2 Å². The van der Waals surface area contributed by atoms with E-state index in [9.17, 15) is 13.2 Å². The van der Waals surface area contributed by atoms with Crippen molar-refractivity contribution < 1.29 is 22.7 Å². The number of aryl methyl sites for hydroxylation is 1. The minimum absolute atomic E-state index is 0.206. The van der Waals surface area contributed by atoms with Crippen molar-refractivity contribution in [2.75, 3.05) is 13.7 Å². The first kappa shape index (κ1) is 23.8. The molecule has 1 heterocycles. The lowest BCUT2D eigenvalue weighted by atomic mass is 10.1. The van der Waals surface area contributed by atoms with Crippen molar-refractivity contribution in [1.29, 1.82) is 0 Å². The predicted molar refractivity (Wildman–Crippen MR) is 124 cm³/mol. The van der Waals surface area contributed by atoms with Crippen LogP contribution >= 0.6 is 0 Å². The molecule has 3 aromatic rings. The second kappa shape index (κ2) is 10.6. The highest BCUT2D eigenvalue weighted by Crippen LogP contribution is 2.24. The van der Waals surface area contributed by atoms with Gasteiger partial charge in [-0.2, -0.15) is 0 Å². The van der Waals surface area contributed by atoms with Gasteiger partial charge < -0.3 is 9.47 Å². The molecule has 0 bridgehead atoms. The number of unbranched alkanes of at least 4 members (excludes halogenated alkanes) is 2. The van der Waals surface area contributed by atoms with E-state index in [0.29, 0.717) is 36.2 Å². The number of esters is 1. The Labute approximate surface area is 189 Å². The standard InChI is InChI=1S/C24H30N2O5S/c1-18-8-10-20(11-9-18)15-19(2)32(28,29)26-17-25-22-13-12-21(16-23(22)26)31-14-6-4-5-7-24(27)30-3/h8-13,16-17,19H,4-7,14-15H2,1-3H3. The molecule has 0 N–H and O–H groups in total. The van der Waals surface area contributed by atoms with Gasteiger partial charge in [0.1, 0.15) is 12.1 Å². The quantitative estimate of drug-likeness (QED) is 0.315. The van der Waals surface area contributed by atoms with Crippen molar-refractivity contribution in [3.8, 4) is 5.75 Å². The van der Waals surface area contributed by atoms with Crippen LogP contribution < -0.4 is 4.74 Å². The Morgan fingerprint density at radius 2 is 1.84 bits per heavy atom. The van der Waals surface area contributed by atoms with E-state index in [-0.39, 0.29) is 5.97 Å². The molecule has 32 heavy (non-hydrogen) atoms. The SMILES string of the molecule is COC(=O)CCCCCOc1ccc2ncn(S(=O)(=O)C(C)Cc3ccc(C)cc3)c2c1.